The Labute approximate surface area is 315 Å². The third kappa shape index (κ3) is 40.0. The monoisotopic (exact) mass is 744 g/mol. The molecule has 0 saturated heterocycles. The number of hydrogen-bond donors (Lipinski definition) is 0. The number of esters is 1. The van der Waals surface area contributed by atoms with Crippen LogP contribution in [0.4, 0.5) is 0 Å². The molecular weight excluding hydrogens is 661 g/mol. The van der Waals surface area contributed by atoms with E-state index in [9.17, 15) is 14.3 Å². The van der Waals surface area contributed by atoms with E-state index in [4.69, 9.17) is 18.5 Å². The molecule has 0 rings (SSSR count). The van der Waals surface area contributed by atoms with Crippen molar-refractivity contribution in [3.05, 3.63) is 24.3 Å². The zero-order valence-corrected chi connectivity index (χ0v) is 35.0. The van der Waals surface area contributed by atoms with Gasteiger partial charge in [0, 0.05) is 13.0 Å². The van der Waals surface area contributed by atoms with Crippen LogP contribution in [0.25, 0.3) is 0 Å². The molecule has 0 aliphatic carbocycles. The normalized spacial score (nSPS) is 14.1. The van der Waals surface area contributed by atoms with E-state index in [0.29, 0.717) is 24.1 Å². The van der Waals surface area contributed by atoms with Crippen LogP contribution in [0.2, 0.25) is 0 Å². The number of hydrogen-bond acceptors (Lipinski definition) is 7. The van der Waals surface area contributed by atoms with Gasteiger partial charge in [0.25, 0.3) is 7.82 Å². The van der Waals surface area contributed by atoms with E-state index in [-0.39, 0.29) is 25.8 Å². The highest BCUT2D eigenvalue weighted by Crippen LogP contribution is 2.38. The Hall–Kier alpha value is -1.02. The summed E-state index contributed by atoms with van der Waals surface area (Å²) in [5.74, 6) is -0.346. The number of phosphoric ester groups is 1. The summed E-state index contributed by atoms with van der Waals surface area (Å²) in [5, 5.41) is 0. The second-order valence-corrected chi connectivity index (χ2v) is 16.8. The first-order valence-corrected chi connectivity index (χ1v) is 22.5. The molecule has 0 saturated carbocycles. The van der Waals surface area contributed by atoms with Gasteiger partial charge in [-0.2, -0.15) is 0 Å². The lowest BCUT2D eigenvalue weighted by Gasteiger charge is -2.28. The van der Waals surface area contributed by atoms with Crippen LogP contribution < -0.4 is 4.89 Å². The van der Waals surface area contributed by atoms with Gasteiger partial charge < -0.3 is 27.9 Å². The standard InChI is InChI=1S/C42H82NO7P/c1-6-8-10-12-14-16-18-20-22-23-25-27-29-31-33-35-42(44)50-41(40-49-51(45,46)48-38-36-43(3,4)5)39-47-37-34-32-30-28-26-24-21-19-17-15-13-11-9-7-2/h14,16,20,22,41H,6-13,15,17-19,21,23-40H2,1-5H3/b16-14+,22-20+/t41-/m1/s1. The van der Waals surface area contributed by atoms with Crippen LogP contribution in [0.5, 0.6) is 0 Å². The molecule has 0 N–H and O–H groups in total. The van der Waals surface area contributed by atoms with Crippen molar-refractivity contribution in [2.24, 2.45) is 0 Å². The largest absolute Gasteiger partial charge is 0.756 e. The molecule has 0 amide bonds. The summed E-state index contributed by atoms with van der Waals surface area (Å²) in [6.45, 7) is 5.38. The van der Waals surface area contributed by atoms with Gasteiger partial charge in [-0.1, -0.05) is 154 Å². The van der Waals surface area contributed by atoms with Crippen molar-refractivity contribution in [2.75, 3.05) is 54.1 Å². The van der Waals surface area contributed by atoms with E-state index in [1.165, 1.54) is 103 Å². The van der Waals surface area contributed by atoms with Crippen LogP contribution in [0.1, 0.15) is 181 Å². The SMILES string of the molecule is CCCCC/C=C/C/C=C/CCCCCCCC(=O)O[C@H](COCCCCCCCCCCCCCCCC)COP(=O)([O-])OCC[N+](C)(C)C. The van der Waals surface area contributed by atoms with Gasteiger partial charge in [-0.25, -0.2) is 0 Å². The number of carbonyl (C=O) groups excluding carboxylic acids is 1. The van der Waals surface area contributed by atoms with Crippen molar-refractivity contribution in [1.82, 2.24) is 0 Å². The molecule has 1 unspecified atom stereocenters. The molecule has 8 nitrogen and oxygen atoms in total. The highest BCUT2D eigenvalue weighted by molar-refractivity contribution is 7.45. The van der Waals surface area contributed by atoms with E-state index in [2.05, 4.69) is 38.2 Å². The summed E-state index contributed by atoms with van der Waals surface area (Å²) >= 11 is 0. The van der Waals surface area contributed by atoms with Crippen molar-refractivity contribution in [3.63, 3.8) is 0 Å². The minimum Gasteiger partial charge on any atom is -0.756 e. The van der Waals surface area contributed by atoms with Crippen molar-refractivity contribution in [2.45, 2.75) is 187 Å². The molecule has 0 aromatic heterocycles. The molecule has 302 valence electrons. The van der Waals surface area contributed by atoms with Gasteiger partial charge in [-0.15, -0.1) is 0 Å². The number of phosphoric acid groups is 1. The molecule has 0 aliphatic rings. The van der Waals surface area contributed by atoms with Gasteiger partial charge in [-0.05, 0) is 44.9 Å². The minimum atomic E-state index is -4.52. The first-order valence-electron chi connectivity index (χ1n) is 21.1. The summed E-state index contributed by atoms with van der Waals surface area (Å²) in [4.78, 5) is 25.0. The van der Waals surface area contributed by atoms with Crippen molar-refractivity contribution >= 4 is 13.8 Å². The van der Waals surface area contributed by atoms with Crippen LogP contribution in [0.15, 0.2) is 24.3 Å². The average molecular weight is 744 g/mol. The molecule has 0 aliphatic heterocycles. The lowest BCUT2D eigenvalue weighted by Crippen LogP contribution is -2.37. The second kappa shape index (κ2) is 36.0. The smallest absolute Gasteiger partial charge is 0.306 e. The Balaban J connectivity index is 4.27. The zero-order chi connectivity index (χ0) is 37.7. The maximum Gasteiger partial charge on any atom is 0.306 e. The molecule has 0 fully saturated rings. The number of likely N-dealkylation sites (N-methyl/N-ethyl adjacent to an activating group) is 1. The average Bonchev–Trinajstić information content (AvgIpc) is 3.08. The van der Waals surface area contributed by atoms with E-state index in [0.717, 1.165) is 57.8 Å². The zero-order valence-electron chi connectivity index (χ0n) is 34.1. The number of ether oxygens (including phenoxy) is 2. The Morgan fingerprint density at radius 2 is 1.08 bits per heavy atom. The molecule has 9 heteroatoms. The Morgan fingerprint density at radius 1 is 0.608 bits per heavy atom. The molecule has 0 spiro atoms. The number of nitrogens with zero attached hydrogens (tertiary/aromatic N) is 1. The maximum atomic E-state index is 12.6. The Morgan fingerprint density at radius 3 is 1.63 bits per heavy atom. The van der Waals surface area contributed by atoms with Gasteiger partial charge >= 0.3 is 5.97 Å². The number of quaternary nitrogens is 1. The van der Waals surface area contributed by atoms with E-state index in [1.807, 2.05) is 21.1 Å². The first-order chi connectivity index (χ1) is 24.6. The number of unbranched alkanes of at least 4 members (excludes halogenated alkanes) is 21. The molecule has 0 bridgehead atoms. The summed E-state index contributed by atoms with van der Waals surface area (Å²) in [7, 11) is 1.35. The fourth-order valence-electron chi connectivity index (χ4n) is 5.69. The number of carbonyl (C=O) groups is 1. The Bertz CT molecular complexity index is 874. The summed E-state index contributed by atoms with van der Waals surface area (Å²) in [5.41, 5.74) is 0. The molecule has 0 radical (unpaired) electrons. The predicted octanol–water partition coefficient (Wildman–Crippen LogP) is 11.4. The van der Waals surface area contributed by atoms with Crippen molar-refractivity contribution in [1.29, 1.82) is 0 Å². The quantitative estimate of drug-likeness (QED) is 0.0203. The van der Waals surface area contributed by atoms with Gasteiger partial charge in [0.05, 0.1) is 34.4 Å². The van der Waals surface area contributed by atoms with Crippen LogP contribution in [-0.2, 0) is 27.9 Å². The van der Waals surface area contributed by atoms with Crippen LogP contribution in [-0.4, -0.2) is 70.7 Å². The molecule has 2 atom stereocenters. The van der Waals surface area contributed by atoms with Crippen LogP contribution in [0, 0.1) is 0 Å². The second-order valence-electron chi connectivity index (χ2n) is 15.4. The number of rotatable bonds is 39. The lowest BCUT2D eigenvalue weighted by molar-refractivity contribution is -0.870. The minimum absolute atomic E-state index is 0.0250. The van der Waals surface area contributed by atoms with Gasteiger partial charge in [0.1, 0.15) is 19.3 Å². The topological polar surface area (TPSA) is 94.1 Å². The third-order valence-corrected chi connectivity index (χ3v) is 9.97. The fourth-order valence-corrected chi connectivity index (χ4v) is 6.42. The molecule has 51 heavy (non-hydrogen) atoms. The first kappa shape index (κ1) is 50.0. The molecule has 0 heterocycles. The number of allylic oxidation sites excluding steroid dienone is 4. The van der Waals surface area contributed by atoms with E-state index >= 15 is 0 Å². The summed E-state index contributed by atoms with van der Waals surface area (Å²) < 4.78 is 34.5. The van der Waals surface area contributed by atoms with Crippen molar-refractivity contribution in [3.8, 4) is 0 Å². The van der Waals surface area contributed by atoms with Gasteiger partial charge in [-0.3, -0.25) is 9.36 Å². The van der Waals surface area contributed by atoms with E-state index < -0.39 is 13.9 Å². The molecule has 0 aromatic carbocycles. The summed E-state index contributed by atoms with van der Waals surface area (Å²) in [6, 6.07) is 0. The van der Waals surface area contributed by atoms with E-state index in [1.54, 1.807) is 0 Å². The van der Waals surface area contributed by atoms with Gasteiger partial charge in [0.15, 0.2) is 0 Å². The highest BCUT2D eigenvalue weighted by Gasteiger charge is 2.20. The van der Waals surface area contributed by atoms with Crippen LogP contribution >= 0.6 is 7.82 Å². The molecule has 0 aromatic rings. The highest BCUT2D eigenvalue weighted by atomic mass is 31.2. The predicted molar refractivity (Wildman–Crippen MR) is 213 cm³/mol. The third-order valence-electron chi connectivity index (χ3n) is 9.01. The van der Waals surface area contributed by atoms with Crippen LogP contribution in [0.3, 0.4) is 0 Å². The Kier molecular flexibility index (Phi) is 35.3. The fraction of sp³-hybridized carbons (Fsp3) is 0.881. The van der Waals surface area contributed by atoms with Gasteiger partial charge in [0.2, 0.25) is 0 Å². The maximum absolute atomic E-state index is 12.6. The molecular formula is C42H82NO7P. The summed E-state index contributed by atoms with van der Waals surface area (Å²) in [6.07, 6.45) is 38.9. The van der Waals surface area contributed by atoms with Crippen molar-refractivity contribution < 1.29 is 37.3 Å². The lowest BCUT2D eigenvalue weighted by atomic mass is 10.0.